The van der Waals surface area contributed by atoms with Crippen LogP contribution in [0.15, 0.2) is 0 Å². The molecule has 0 aromatic heterocycles. The third kappa shape index (κ3) is 6.71. The monoisotopic (exact) mass is 284 g/mol. The van der Waals surface area contributed by atoms with Crippen LogP contribution in [0.5, 0.6) is 0 Å². The number of carbonyl (C=O) groups is 1. The van der Waals surface area contributed by atoms with Gasteiger partial charge < -0.3 is 15.4 Å². The fraction of sp³-hybridized carbons (Fsp3) is 0.938. The van der Waals surface area contributed by atoms with Gasteiger partial charge in [0.1, 0.15) is 0 Å². The van der Waals surface area contributed by atoms with Gasteiger partial charge in [-0.2, -0.15) is 0 Å². The van der Waals surface area contributed by atoms with Crippen molar-refractivity contribution in [3.8, 4) is 0 Å². The zero-order valence-corrected chi connectivity index (χ0v) is 13.3. The minimum atomic E-state index is 0.0109. The normalized spacial score (nSPS) is 23.1. The van der Waals surface area contributed by atoms with Crippen LogP contribution in [0.4, 0.5) is 0 Å². The van der Waals surface area contributed by atoms with Crippen LogP contribution in [-0.4, -0.2) is 42.6 Å². The topological polar surface area (TPSA) is 55.6 Å². The molecule has 118 valence electrons. The Hall–Kier alpha value is -0.610. The van der Waals surface area contributed by atoms with Crippen molar-refractivity contribution in [1.29, 1.82) is 0 Å². The number of nitrogens with two attached hydrogens (primary N) is 1. The molecule has 0 radical (unpaired) electrons. The summed E-state index contributed by atoms with van der Waals surface area (Å²) in [5.74, 6) is 0.271. The molecule has 0 saturated carbocycles. The van der Waals surface area contributed by atoms with Gasteiger partial charge in [-0.05, 0) is 13.3 Å². The van der Waals surface area contributed by atoms with E-state index in [9.17, 15) is 4.79 Å². The Bertz CT molecular complexity index is 271. The smallest absolute Gasteiger partial charge is 0.222 e. The Labute approximate surface area is 124 Å². The van der Waals surface area contributed by atoms with E-state index in [0.717, 1.165) is 6.42 Å². The number of nitrogens with zero attached hydrogens (tertiary/aromatic N) is 1. The zero-order valence-electron chi connectivity index (χ0n) is 13.3. The number of morpholine rings is 1. The van der Waals surface area contributed by atoms with E-state index < -0.39 is 0 Å². The first kappa shape index (κ1) is 17.4. The lowest BCUT2D eigenvalue weighted by atomic mass is 10.1. The van der Waals surface area contributed by atoms with Crippen molar-refractivity contribution >= 4 is 5.91 Å². The number of ether oxygens (including phenoxy) is 1. The highest BCUT2D eigenvalue weighted by Crippen LogP contribution is 2.14. The second-order valence-electron chi connectivity index (χ2n) is 5.97. The summed E-state index contributed by atoms with van der Waals surface area (Å²) in [7, 11) is 0. The van der Waals surface area contributed by atoms with E-state index >= 15 is 0 Å². The quantitative estimate of drug-likeness (QED) is 0.662. The number of hydrogen-bond donors (Lipinski definition) is 1. The van der Waals surface area contributed by atoms with E-state index in [2.05, 4.69) is 6.92 Å². The average molecular weight is 284 g/mol. The number of carbonyl (C=O) groups excluding carboxylic acids is 1. The maximum atomic E-state index is 12.2. The maximum absolute atomic E-state index is 12.2. The Balaban J connectivity index is 2.12. The minimum Gasteiger partial charge on any atom is -0.370 e. The lowest BCUT2D eigenvalue weighted by Crippen LogP contribution is -2.51. The van der Waals surface area contributed by atoms with Crippen LogP contribution < -0.4 is 5.73 Å². The Morgan fingerprint density at radius 2 is 1.80 bits per heavy atom. The molecule has 1 heterocycles. The molecule has 4 nitrogen and oxygen atoms in total. The van der Waals surface area contributed by atoms with Gasteiger partial charge in [-0.25, -0.2) is 0 Å². The van der Waals surface area contributed by atoms with Crippen molar-refractivity contribution in [3.05, 3.63) is 0 Å². The molecule has 2 N–H and O–H groups in total. The summed E-state index contributed by atoms with van der Waals surface area (Å²) in [6.07, 6.45) is 9.53. The predicted molar refractivity (Wildman–Crippen MR) is 82.6 cm³/mol. The molecule has 2 atom stereocenters. The largest absolute Gasteiger partial charge is 0.370 e. The van der Waals surface area contributed by atoms with Gasteiger partial charge in [-0.15, -0.1) is 0 Å². The van der Waals surface area contributed by atoms with Crippen LogP contribution in [0.3, 0.4) is 0 Å². The molecule has 0 aliphatic carbocycles. The van der Waals surface area contributed by atoms with Crippen molar-refractivity contribution in [2.45, 2.75) is 77.4 Å². The van der Waals surface area contributed by atoms with E-state index in [4.69, 9.17) is 10.5 Å². The van der Waals surface area contributed by atoms with Gasteiger partial charge >= 0.3 is 0 Å². The highest BCUT2D eigenvalue weighted by atomic mass is 16.5. The number of unbranched alkanes of at least 4 members (excludes halogenated alkanes) is 6. The Morgan fingerprint density at radius 3 is 2.45 bits per heavy atom. The second-order valence-corrected chi connectivity index (χ2v) is 5.97. The van der Waals surface area contributed by atoms with E-state index in [1.54, 1.807) is 0 Å². The summed E-state index contributed by atoms with van der Waals surface area (Å²) in [4.78, 5) is 14.1. The van der Waals surface area contributed by atoms with Gasteiger partial charge in [0.2, 0.25) is 5.91 Å². The molecule has 2 unspecified atom stereocenters. The molecule has 1 saturated heterocycles. The van der Waals surface area contributed by atoms with Crippen molar-refractivity contribution in [3.63, 3.8) is 0 Å². The van der Waals surface area contributed by atoms with Gasteiger partial charge in [-0.3, -0.25) is 4.79 Å². The SMILES string of the molecule is CCCCCCCCCC(=O)N1CC(C)OC(CN)C1. The number of hydrogen-bond acceptors (Lipinski definition) is 3. The van der Waals surface area contributed by atoms with E-state index in [0.29, 0.717) is 26.1 Å². The molecule has 1 aliphatic heterocycles. The molecule has 20 heavy (non-hydrogen) atoms. The second kappa shape index (κ2) is 10.2. The van der Waals surface area contributed by atoms with Crippen molar-refractivity contribution in [1.82, 2.24) is 4.90 Å². The molecular weight excluding hydrogens is 252 g/mol. The number of amides is 1. The summed E-state index contributed by atoms with van der Waals surface area (Å²) in [5, 5.41) is 0. The molecular formula is C16H32N2O2. The minimum absolute atomic E-state index is 0.0109. The summed E-state index contributed by atoms with van der Waals surface area (Å²) >= 11 is 0. The van der Waals surface area contributed by atoms with Crippen LogP contribution in [0.1, 0.15) is 65.2 Å². The highest BCUT2D eigenvalue weighted by Gasteiger charge is 2.26. The molecule has 1 rings (SSSR count). The lowest BCUT2D eigenvalue weighted by Gasteiger charge is -2.36. The van der Waals surface area contributed by atoms with E-state index in [1.807, 2.05) is 11.8 Å². The standard InChI is InChI=1S/C16H32N2O2/c1-3-4-5-6-7-8-9-10-16(19)18-12-14(2)20-15(11-17)13-18/h14-15H,3-13,17H2,1-2H3. The van der Waals surface area contributed by atoms with Crippen molar-refractivity contribution in [2.75, 3.05) is 19.6 Å². The fourth-order valence-electron chi connectivity index (χ4n) is 2.77. The summed E-state index contributed by atoms with van der Waals surface area (Å²) in [6, 6.07) is 0. The molecule has 0 aromatic rings. The molecule has 0 bridgehead atoms. The first-order valence-electron chi connectivity index (χ1n) is 8.30. The maximum Gasteiger partial charge on any atom is 0.222 e. The summed E-state index contributed by atoms with van der Waals surface area (Å²) in [5.41, 5.74) is 5.64. The first-order valence-corrected chi connectivity index (χ1v) is 8.30. The number of rotatable bonds is 9. The van der Waals surface area contributed by atoms with Gasteiger partial charge in [-0.1, -0.05) is 45.4 Å². The highest BCUT2D eigenvalue weighted by molar-refractivity contribution is 5.76. The van der Waals surface area contributed by atoms with Gasteiger partial charge in [0.15, 0.2) is 0 Å². The molecule has 1 amide bonds. The van der Waals surface area contributed by atoms with E-state index in [-0.39, 0.29) is 18.1 Å². The van der Waals surface area contributed by atoms with Crippen LogP contribution >= 0.6 is 0 Å². The van der Waals surface area contributed by atoms with Gasteiger partial charge in [0.25, 0.3) is 0 Å². The molecule has 0 spiro atoms. The third-order valence-electron chi connectivity index (χ3n) is 3.94. The van der Waals surface area contributed by atoms with Crippen LogP contribution in [0.2, 0.25) is 0 Å². The average Bonchev–Trinajstić information content (AvgIpc) is 2.45. The summed E-state index contributed by atoms with van der Waals surface area (Å²) < 4.78 is 5.68. The molecule has 1 aliphatic rings. The Kier molecular flexibility index (Phi) is 8.86. The first-order chi connectivity index (χ1) is 9.67. The van der Waals surface area contributed by atoms with Crippen molar-refractivity contribution in [2.24, 2.45) is 5.73 Å². The zero-order chi connectivity index (χ0) is 14.8. The fourth-order valence-corrected chi connectivity index (χ4v) is 2.77. The summed E-state index contributed by atoms with van der Waals surface area (Å²) in [6.45, 7) is 6.11. The molecule has 4 heteroatoms. The van der Waals surface area contributed by atoms with Gasteiger partial charge in [0.05, 0.1) is 12.2 Å². The van der Waals surface area contributed by atoms with Crippen LogP contribution in [0.25, 0.3) is 0 Å². The molecule has 1 fully saturated rings. The van der Waals surface area contributed by atoms with Crippen LogP contribution in [0, 0.1) is 0 Å². The predicted octanol–water partition coefficient (Wildman–Crippen LogP) is 2.70. The third-order valence-corrected chi connectivity index (χ3v) is 3.94. The lowest BCUT2D eigenvalue weighted by molar-refractivity contribution is -0.143. The van der Waals surface area contributed by atoms with Crippen LogP contribution in [-0.2, 0) is 9.53 Å². The van der Waals surface area contributed by atoms with Gasteiger partial charge in [0, 0.05) is 26.1 Å². The Morgan fingerprint density at radius 1 is 1.15 bits per heavy atom. The molecule has 0 aromatic carbocycles. The van der Waals surface area contributed by atoms with Crippen molar-refractivity contribution < 1.29 is 9.53 Å². The van der Waals surface area contributed by atoms with E-state index in [1.165, 1.54) is 38.5 Å².